The topological polar surface area (TPSA) is 98.0 Å². The van der Waals surface area contributed by atoms with E-state index < -0.39 is 17.3 Å². The summed E-state index contributed by atoms with van der Waals surface area (Å²) in [7, 11) is 0. The monoisotopic (exact) mass is 206 g/mol. The van der Waals surface area contributed by atoms with E-state index in [1.165, 1.54) is 0 Å². The maximum atomic E-state index is 10.4. The Labute approximate surface area is 83.0 Å². The Morgan fingerprint density at radius 2 is 1.79 bits per heavy atom. The summed E-state index contributed by atoms with van der Waals surface area (Å²) in [5, 5.41) is 35.4. The Kier molecular flexibility index (Phi) is 5.68. The van der Waals surface area contributed by atoms with Gasteiger partial charge in [-0.1, -0.05) is 6.92 Å². The lowest BCUT2D eigenvalue weighted by Crippen LogP contribution is -2.30. The van der Waals surface area contributed by atoms with Crippen LogP contribution in [0.5, 0.6) is 0 Å². The highest BCUT2D eigenvalue weighted by atomic mass is 16.4. The molecule has 0 aromatic carbocycles. The fourth-order valence-corrected chi connectivity index (χ4v) is 1.32. The first-order chi connectivity index (χ1) is 6.47. The van der Waals surface area contributed by atoms with Crippen molar-refractivity contribution in [2.24, 2.45) is 11.3 Å². The van der Waals surface area contributed by atoms with Crippen LogP contribution in [-0.4, -0.2) is 46.2 Å². The zero-order valence-electron chi connectivity index (χ0n) is 8.31. The Morgan fingerprint density at radius 1 is 1.29 bits per heavy atom. The minimum Gasteiger partial charge on any atom is -0.481 e. The number of hydrogen-bond donors (Lipinski definition) is 4. The molecule has 0 aliphatic rings. The average molecular weight is 206 g/mol. The van der Waals surface area contributed by atoms with Crippen LogP contribution in [0.4, 0.5) is 0 Å². The first kappa shape index (κ1) is 13.4. The molecule has 0 aliphatic carbocycles. The minimum atomic E-state index is -0.984. The van der Waals surface area contributed by atoms with Crippen LogP contribution >= 0.6 is 0 Å². The van der Waals surface area contributed by atoms with E-state index in [0.29, 0.717) is 6.42 Å². The largest absolute Gasteiger partial charge is 0.481 e. The Hall–Kier alpha value is -0.650. The maximum absolute atomic E-state index is 10.4. The van der Waals surface area contributed by atoms with Crippen molar-refractivity contribution in [2.75, 3.05) is 19.8 Å². The maximum Gasteiger partial charge on any atom is 0.303 e. The van der Waals surface area contributed by atoms with Crippen molar-refractivity contribution in [2.45, 2.75) is 19.8 Å². The van der Waals surface area contributed by atoms with Gasteiger partial charge in [-0.3, -0.25) is 4.79 Å². The molecule has 5 nitrogen and oxygen atoms in total. The number of aliphatic hydroxyl groups excluding tert-OH is 3. The second-order valence-corrected chi connectivity index (χ2v) is 3.98. The molecule has 5 heteroatoms. The zero-order chi connectivity index (χ0) is 11.2. The van der Waals surface area contributed by atoms with Crippen molar-refractivity contribution >= 4 is 5.97 Å². The number of aliphatic hydroxyl groups is 3. The van der Waals surface area contributed by atoms with Gasteiger partial charge in [0, 0.05) is 12.0 Å². The molecule has 0 saturated heterocycles. The van der Waals surface area contributed by atoms with E-state index in [9.17, 15) is 4.79 Å². The van der Waals surface area contributed by atoms with Crippen LogP contribution in [0.1, 0.15) is 19.8 Å². The zero-order valence-corrected chi connectivity index (χ0v) is 8.31. The van der Waals surface area contributed by atoms with E-state index in [0.717, 1.165) is 0 Å². The van der Waals surface area contributed by atoms with Crippen LogP contribution in [0, 0.1) is 11.3 Å². The van der Waals surface area contributed by atoms with Crippen molar-refractivity contribution in [3.63, 3.8) is 0 Å². The third kappa shape index (κ3) is 4.55. The van der Waals surface area contributed by atoms with Crippen LogP contribution in [0.15, 0.2) is 0 Å². The van der Waals surface area contributed by atoms with Gasteiger partial charge in [0.25, 0.3) is 0 Å². The highest BCUT2D eigenvalue weighted by Crippen LogP contribution is 2.26. The Balaban J connectivity index is 4.21. The number of carbonyl (C=O) groups is 1. The van der Waals surface area contributed by atoms with E-state index in [4.69, 9.17) is 20.4 Å². The van der Waals surface area contributed by atoms with Crippen LogP contribution < -0.4 is 0 Å². The molecule has 0 spiro atoms. The number of rotatable bonds is 7. The molecule has 0 bridgehead atoms. The van der Waals surface area contributed by atoms with Gasteiger partial charge in [0.05, 0.1) is 19.6 Å². The lowest BCUT2D eigenvalue weighted by Gasteiger charge is -2.28. The van der Waals surface area contributed by atoms with Crippen molar-refractivity contribution in [3.05, 3.63) is 0 Å². The first-order valence-corrected chi connectivity index (χ1v) is 4.52. The van der Waals surface area contributed by atoms with Crippen LogP contribution in [0.3, 0.4) is 0 Å². The van der Waals surface area contributed by atoms with Gasteiger partial charge >= 0.3 is 5.97 Å². The van der Waals surface area contributed by atoms with Gasteiger partial charge < -0.3 is 20.4 Å². The molecule has 4 N–H and O–H groups in total. The van der Waals surface area contributed by atoms with E-state index >= 15 is 0 Å². The third-order valence-electron chi connectivity index (χ3n) is 2.27. The molecule has 0 aliphatic heterocycles. The number of aliphatic carboxylic acids is 1. The highest BCUT2D eigenvalue weighted by Gasteiger charge is 2.27. The summed E-state index contributed by atoms with van der Waals surface area (Å²) in [6.45, 7) is 0.957. The van der Waals surface area contributed by atoms with E-state index in [2.05, 4.69) is 0 Å². The molecule has 1 atom stereocenters. The lowest BCUT2D eigenvalue weighted by molar-refractivity contribution is -0.139. The molecule has 0 rings (SSSR count). The van der Waals surface area contributed by atoms with E-state index in [-0.39, 0.29) is 26.2 Å². The third-order valence-corrected chi connectivity index (χ3v) is 2.27. The normalized spacial score (nSPS) is 14.0. The average Bonchev–Trinajstić information content (AvgIpc) is 2.16. The standard InChI is InChI=1S/C9H18O5/c1-9(5-11,6-12)3-7(4-10)2-8(13)14/h7,10-12H,2-6H2,1H3,(H,13,14). The van der Waals surface area contributed by atoms with Gasteiger partial charge in [-0.25, -0.2) is 0 Å². The quantitative estimate of drug-likeness (QED) is 0.448. The van der Waals surface area contributed by atoms with Gasteiger partial charge in [-0.05, 0) is 12.3 Å². The van der Waals surface area contributed by atoms with E-state index in [1.807, 2.05) is 0 Å². The Bertz CT molecular complexity index is 176. The van der Waals surface area contributed by atoms with Gasteiger partial charge in [-0.15, -0.1) is 0 Å². The predicted molar refractivity (Wildman–Crippen MR) is 49.7 cm³/mol. The SMILES string of the molecule is CC(CO)(CO)CC(CO)CC(=O)O. The van der Waals surface area contributed by atoms with Gasteiger partial charge in [0.1, 0.15) is 0 Å². The molecule has 0 aromatic rings. The molecule has 0 heterocycles. The fraction of sp³-hybridized carbons (Fsp3) is 0.889. The summed E-state index contributed by atoms with van der Waals surface area (Å²) in [6, 6.07) is 0. The highest BCUT2D eigenvalue weighted by molar-refractivity contribution is 5.67. The van der Waals surface area contributed by atoms with Crippen molar-refractivity contribution in [1.82, 2.24) is 0 Å². The summed E-state index contributed by atoms with van der Waals surface area (Å²) in [5.74, 6) is -1.40. The van der Waals surface area contributed by atoms with Gasteiger partial charge in [0.2, 0.25) is 0 Å². The second kappa shape index (κ2) is 5.95. The molecule has 0 fully saturated rings. The number of carboxylic acid groups (broad SMARTS) is 1. The van der Waals surface area contributed by atoms with Crippen molar-refractivity contribution in [3.8, 4) is 0 Å². The van der Waals surface area contributed by atoms with Gasteiger partial charge in [0.15, 0.2) is 0 Å². The van der Waals surface area contributed by atoms with Crippen LogP contribution in [-0.2, 0) is 4.79 Å². The van der Waals surface area contributed by atoms with E-state index in [1.54, 1.807) is 6.92 Å². The molecule has 0 amide bonds. The fourth-order valence-electron chi connectivity index (χ4n) is 1.32. The summed E-state index contributed by atoms with van der Waals surface area (Å²) in [4.78, 5) is 10.4. The molecular formula is C9H18O5. The number of carboxylic acids is 1. The van der Waals surface area contributed by atoms with Crippen molar-refractivity contribution < 1.29 is 25.2 Å². The smallest absolute Gasteiger partial charge is 0.303 e. The van der Waals surface area contributed by atoms with Crippen LogP contribution in [0.2, 0.25) is 0 Å². The summed E-state index contributed by atoms with van der Waals surface area (Å²) >= 11 is 0. The molecule has 0 radical (unpaired) electrons. The molecule has 1 unspecified atom stereocenters. The van der Waals surface area contributed by atoms with Gasteiger partial charge in [-0.2, -0.15) is 0 Å². The molecule has 14 heavy (non-hydrogen) atoms. The molecule has 0 aromatic heterocycles. The van der Waals surface area contributed by atoms with Crippen LogP contribution in [0.25, 0.3) is 0 Å². The second-order valence-electron chi connectivity index (χ2n) is 3.98. The summed E-state index contributed by atoms with van der Waals surface area (Å²) in [6.07, 6.45) is 0.148. The minimum absolute atomic E-state index is 0.147. The predicted octanol–water partition coefficient (Wildman–Crippen LogP) is -0.549. The molecular weight excluding hydrogens is 188 g/mol. The Morgan fingerprint density at radius 3 is 2.07 bits per heavy atom. The molecule has 84 valence electrons. The first-order valence-electron chi connectivity index (χ1n) is 4.52. The number of hydrogen-bond acceptors (Lipinski definition) is 4. The summed E-state index contributed by atoms with van der Waals surface area (Å²) < 4.78 is 0. The molecule has 0 saturated carbocycles. The lowest BCUT2D eigenvalue weighted by atomic mass is 9.81. The van der Waals surface area contributed by atoms with Crippen molar-refractivity contribution in [1.29, 1.82) is 0 Å². The summed E-state index contributed by atoms with van der Waals surface area (Å²) in [5.41, 5.74) is -0.719.